The molecule has 30 heavy (non-hydrogen) atoms. The van der Waals surface area contributed by atoms with Gasteiger partial charge in [-0.1, -0.05) is 66.7 Å². The van der Waals surface area contributed by atoms with E-state index in [0.29, 0.717) is 12.3 Å². The van der Waals surface area contributed by atoms with Crippen LogP contribution in [0.2, 0.25) is 0 Å². The second-order valence-corrected chi connectivity index (χ2v) is 6.82. The van der Waals surface area contributed by atoms with Gasteiger partial charge in [-0.05, 0) is 30.2 Å². The highest BCUT2D eigenvalue weighted by Gasteiger charge is 2.25. The van der Waals surface area contributed by atoms with E-state index in [-0.39, 0.29) is 23.8 Å². The maximum atomic E-state index is 14.5. The molecule has 0 saturated heterocycles. The van der Waals surface area contributed by atoms with E-state index < -0.39 is 11.9 Å². The number of carbonyl (C=O) groups is 1. The number of aryl methyl sites for hydroxylation is 1. The average molecular weight is 401 g/mol. The van der Waals surface area contributed by atoms with E-state index in [9.17, 15) is 9.18 Å². The van der Waals surface area contributed by atoms with Crippen LogP contribution in [0.3, 0.4) is 0 Å². The number of aromatic nitrogens is 2. The van der Waals surface area contributed by atoms with Crippen molar-refractivity contribution in [3.63, 3.8) is 0 Å². The lowest BCUT2D eigenvalue weighted by atomic mass is 10.0. The molecule has 0 aliphatic heterocycles. The number of amides is 1. The molecule has 5 nitrogen and oxygen atoms in total. The van der Waals surface area contributed by atoms with Crippen LogP contribution >= 0.6 is 0 Å². The van der Waals surface area contributed by atoms with Crippen LogP contribution in [0, 0.1) is 5.82 Å². The van der Waals surface area contributed by atoms with Gasteiger partial charge < -0.3 is 9.73 Å². The smallest absolute Gasteiger partial charge is 0.247 e. The Morgan fingerprint density at radius 2 is 1.57 bits per heavy atom. The van der Waals surface area contributed by atoms with Crippen LogP contribution in [0.1, 0.15) is 29.5 Å². The molecule has 1 heterocycles. The molecule has 4 rings (SSSR count). The summed E-state index contributed by atoms with van der Waals surface area (Å²) >= 11 is 0. The molecule has 0 fully saturated rings. The number of hydrogen-bond acceptors (Lipinski definition) is 4. The van der Waals surface area contributed by atoms with Crippen LogP contribution in [0.15, 0.2) is 89.3 Å². The highest BCUT2D eigenvalue weighted by atomic mass is 19.1. The molecule has 1 aromatic heterocycles. The van der Waals surface area contributed by atoms with Crippen molar-refractivity contribution in [1.82, 2.24) is 15.5 Å². The van der Waals surface area contributed by atoms with Gasteiger partial charge in [0, 0.05) is 17.5 Å². The summed E-state index contributed by atoms with van der Waals surface area (Å²) in [4.78, 5) is 12.6. The van der Waals surface area contributed by atoms with Gasteiger partial charge in [0.1, 0.15) is 11.9 Å². The lowest BCUT2D eigenvalue weighted by Gasteiger charge is -2.16. The Kier molecular flexibility index (Phi) is 5.94. The van der Waals surface area contributed by atoms with E-state index in [1.165, 1.54) is 6.07 Å². The standard InChI is InChI=1S/C24H20FN3O2/c25-20-14-8-7-13-19(20)22(26-21(29)16-15-17-9-3-1-4-10-17)24-28-27-23(30-24)18-11-5-2-6-12-18/h1-14,22H,15-16H2,(H,26,29). The van der Waals surface area contributed by atoms with Crippen LogP contribution in [0.4, 0.5) is 4.39 Å². The number of nitrogens with zero attached hydrogens (tertiary/aromatic N) is 2. The van der Waals surface area contributed by atoms with E-state index >= 15 is 0 Å². The fourth-order valence-corrected chi connectivity index (χ4v) is 3.17. The Morgan fingerprint density at radius 3 is 2.30 bits per heavy atom. The van der Waals surface area contributed by atoms with Crippen LogP contribution in [0.25, 0.3) is 11.5 Å². The van der Waals surface area contributed by atoms with Gasteiger partial charge >= 0.3 is 0 Å². The third-order valence-corrected chi connectivity index (χ3v) is 4.71. The first-order valence-electron chi connectivity index (χ1n) is 9.67. The van der Waals surface area contributed by atoms with Crippen molar-refractivity contribution in [2.45, 2.75) is 18.9 Å². The molecule has 1 unspecified atom stereocenters. The molecule has 1 N–H and O–H groups in total. The number of halogens is 1. The van der Waals surface area contributed by atoms with Gasteiger partial charge in [-0.15, -0.1) is 10.2 Å². The third kappa shape index (κ3) is 4.60. The fourth-order valence-electron chi connectivity index (χ4n) is 3.17. The van der Waals surface area contributed by atoms with E-state index in [1.54, 1.807) is 18.2 Å². The molecule has 0 radical (unpaired) electrons. The first-order chi connectivity index (χ1) is 14.7. The van der Waals surface area contributed by atoms with Crippen molar-refractivity contribution in [1.29, 1.82) is 0 Å². The number of nitrogens with one attached hydrogen (secondary N) is 1. The van der Waals surface area contributed by atoms with E-state index in [1.807, 2.05) is 60.7 Å². The van der Waals surface area contributed by atoms with Crippen molar-refractivity contribution < 1.29 is 13.6 Å². The number of benzene rings is 3. The van der Waals surface area contributed by atoms with E-state index in [4.69, 9.17) is 4.42 Å². The molecule has 0 saturated carbocycles. The predicted octanol–water partition coefficient (Wildman–Crippen LogP) is 4.71. The SMILES string of the molecule is O=C(CCc1ccccc1)NC(c1nnc(-c2ccccc2)o1)c1ccccc1F. The van der Waals surface area contributed by atoms with Gasteiger partial charge in [0.25, 0.3) is 0 Å². The molecule has 0 aliphatic carbocycles. The summed E-state index contributed by atoms with van der Waals surface area (Å²) in [7, 11) is 0. The van der Waals surface area contributed by atoms with Crippen molar-refractivity contribution in [3.8, 4) is 11.5 Å². The number of rotatable bonds is 7. The molecule has 0 spiro atoms. The van der Waals surface area contributed by atoms with Gasteiger partial charge in [0.05, 0.1) is 0 Å². The summed E-state index contributed by atoms with van der Waals surface area (Å²) in [5.74, 6) is -0.241. The zero-order chi connectivity index (χ0) is 20.8. The first-order valence-corrected chi connectivity index (χ1v) is 9.67. The van der Waals surface area contributed by atoms with Crippen molar-refractivity contribution in [3.05, 3.63) is 108 Å². The maximum Gasteiger partial charge on any atom is 0.247 e. The Balaban J connectivity index is 1.57. The summed E-state index contributed by atoms with van der Waals surface area (Å²) < 4.78 is 20.3. The third-order valence-electron chi connectivity index (χ3n) is 4.71. The predicted molar refractivity (Wildman–Crippen MR) is 111 cm³/mol. The summed E-state index contributed by atoms with van der Waals surface area (Å²) in [5.41, 5.74) is 2.08. The van der Waals surface area contributed by atoms with Gasteiger partial charge in [0.2, 0.25) is 17.7 Å². The molecule has 1 atom stereocenters. The minimum atomic E-state index is -0.876. The Morgan fingerprint density at radius 1 is 0.900 bits per heavy atom. The molecule has 150 valence electrons. The molecule has 3 aromatic carbocycles. The van der Waals surface area contributed by atoms with Crippen LogP contribution in [0.5, 0.6) is 0 Å². The summed E-state index contributed by atoms with van der Waals surface area (Å²) in [6.45, 7) is 0. The molecular weight excluding hydrogens is 381 g/mol. The summed E-state index contributed by atoms with van der Waals surface area (Å²) in [5, 5.41) is 11.0. The van der Waals surface area contributed by atoms with Gasteiger partial charge in [-0.25, -0.2) is 4.39 Å². The Bertz CT molecular complexity index is 1110. The van der Waals surface area contributed by atoms with Gasteiger partial charge in [-0.2, -0.15) is 0 Å². The lowest BCUT2D eigenvalue weighted by Crippen LogP contribution is -2.30. The van der Waals surface area contributed by atoms with Crippen LogP contribution in [-0.4, -0.2) is 16.1 Å². The van der Waals surface area contributed by atoms with Crippen molar-refractivity contribution >= 4 is 5.91 Å². The highest BCUT2D eigenvalue weighted by Crippen LogP contribution is 2.26. The average Bonchev–Trinajstić information content (AvgIpc) is 3.28. The second-order valence-electron chi connectivity index (χ2n) is 6.82. The van der Waals surface area contributed by atoms with E-state index in [0.717, 1.165) is 11.1 Å². The van der Waals surface area contributed by atoms with Gasteiger partial charge in [-0.3, -0.25) is 4.79 Å². The minimum absolute atomic E-state index is 0.131. The Hall–Kier alpha value is -3.80. The quantitative estimate of drug-likeness (QED) is 0.487. The van der Waals surface area contributed by atoms with Crippen molar-refractivity contribution in [2.75, 3.05) is 0 Å². The minimum Gasteiger partial charge on any atom is -0.418 e. The molecule has 1 amide bonds. The molecule has 4 aromatic rings. The zero-order valence-corrected chi connectivity index (χ0v) is 16.2. The highest BCUT2D eigenvalue weighted by molar-refractivity contribution is 5.77. The molecule has 6 heteroatoms. The Labute approximate surface area is 173 Å². The van der Waals surface area contributed by atoms with Crippen LogP contribution < -0.4 is 5.32 Å². The first kappa shape index (κ1) is 19.5. The fraction of sp³-hybridized carbons (Fsp3) is 0.125. The molecule has 0 aliphatic rings. The number of carbonyl (C=O) groups excluding carboxylic acids is 1. The normalized spacial score (nSPS) is 11.8. The molecular formula is C24H20FN3O2. The maximum absolute atomic E-state index is 14.5. The monoisotopic (exact) mass is 401 g/mol. The largest absolute Gasteiger partial charge is 0.418 e. The summed E-state index contributed by atoms with van der Waals surface area (Å²) in [6.07, 6.45) is 0.838. The van der Waals surface area contributed by atoms with E-state index in [2.05, 4.69) is 15.5 Å². The zero-order valence-electron chi connectivity index (χ0n) is 16.2. The van der Waals surface area contributed by atoms with Crippen molar-refractivity contribution in [2.24, 2.45) is 0 Å². The topological polar surface area (TPSA) is 68.0 Å². The molecule has 0 bridgehead atoms. The lowest BCUT2D eigenvalue weighted by molar-refractivity contribution is -0.121. The number of hydrogen-bond donors (Lipinski definition) is 1. The summed E-state index contributed by atoms with van der Waals surface area (Å²) in [6, 6.07) is 24.4. The van der Waals surface area contributed by atoms with Crippen LogP contribution in [-0.2, 0) is 11.2 Å². The van der Waals surface area contributed by atoms with Gasteiger partial charge in [0.15, 0.2) is 0 Å². The second kappa shape index (κ2) is 9.13.